The predicted molar refractivity (Wildman–Crippen MR) is 50.0 cm³/mol. The van der Waals surface area contributed by atoms with Crippen LogP contribution >= 0.6 is 0 Å². The molecule has 13 heavy (non-hydrogen) atoms. The Morgan fingerprint density at radius 1 is 1.46 bits per heavy atom. The summed E-state index contributed by atoms with van der Waals surface area (Å²) in [6.45, 7) is 0.822. The van der Waals surface area contributed by atoms with Gasteiger partial charge in [-0.2, -0.15) is 0 Å². The Labute approximate surface area is 88.9 Å². The first kappa shape index (κ1) is 9.06. The van der Waals surface area contributed by atoms with E-state index in [4.69, 9.17) is 0 Å². The zero-order valence-electron chi connectivity index (χ0n) is 7.31. The second-order valence-corrected chi connectivity index (χ2v) is 7.57. The van der Waals surface area contributed by atoms with Gasteiger partial charge in [0.1, 0.15) is 0 Å². The second kappa shape index (κ2) is 4.13. The van der Waals surface area contributed by atoms with Gasteiger partial charge in [-0.25, -0.2) is 0 Å². The van der Waals surface area contributed by atoms with Gasteiger partial charge in [-0.1, -0.05) is 0 Å². The summed E-state index contributed by atoms with van der Waals surface area (Å²) in [5.74, 6) is 0.359. The number of amides is 1. The molecule has 0 aromatic carbocycles. The summed E-state index contributed by atoms with van der Waals surface area (Å²) in [6.07, 6.45) is 4.36. The Morgan fingerprint density at radius 3 is 2.85 bits per heavy atom. The van der Waals surface area contributed by atoms with Crippen LogP contribution in [0.3, 0.4) is 0 Å². The van der Waals surface area contributed by atoms with Crippen LogP contribution in [0, 0.1) is 0 Å². The molecule has 0 N–H and O–H groups in total. The van der Waals surface area contributed by atoms with E-state index in [1.165, 1.54) is 9.74 Å². The van der Waals surface area contributed by atoms with Crippen LogP contribution in [-0.2, 0) is 11.3 Å². The van der Waals surface area contributed by atoms with Crippen molar-refractivity contribution in [3.05, 3.63) is 30.1 Å². The number of carbonyl (C=O) groups excluding carboxylic acids is 1. The van der Waals surface area contributed by atoms with Gasteiger partial charge in [0.15, 0.2) is 0 Å². The standard InChI is InChI=1S/C9H11N2O.In/c1-2-9(12)11-7-8-3-5-10-6-4-8;/h3-6H,1-2,7H2,(H,11,12);/q;+1/p-1. The average Bonchev–Trinajstić information content (AvgIpc) is 2.54. The minimum absolute atomic E-state index is 0.359. The summed E-state index contributed by atoms with van der Waals surface area (Å²) >= 11 is -0.703. The topological polar surface area (TPSA) is 33.2 Å². The van der Waals surface area contributed by atoms with Crippen molar-refractivity contribution in [2.75, 3.05) is 0 Å². The third-order valence-electron chi connectivity index (χ3n) is 2.13. The van der Waals surface area contributed by atoms with E-state index in [1.54, 1.807) is 12.4 Å². The van der Waals surface area contributed by atoms with Crippen LogP contribution in [0.2, 0.25) is 4.18 Å². The Kier molecular flexibility index (Phi) is 2.88. The first-order chi connectivity index (χ1) is 6.36. The summed E-state index contributed by atoms with van der Waals surface area (Å²) in [5.41, 5.74) is 1.21. The molecule has 1 aromatic heterocycles. The molecule has 2 heterocycles. The van der Waals surface area contributed by atoms with Crippen LogP contribution < -0.4 is 0 Å². The minimum atomic E-state index is -0.703. The molecule has 0 bridgehead atoms. The van der Waals surface area contributed by atoms with Crippen LogP contribution in [0.15, 0.2) is 24.5 Å². The Balaban J connectivity index is 2.02. The fourth-order valence-corrected chi connectivity index (χ4v) is 5.31. The van der Waals surface area contributed by atoms with Crippen molar-refractivity contribution in [3.63, 3.8) is 0 Å². The normalized spacial score (nSPS) is 16.0. The third kappa shape index (κ3) is 2.24. The average molecular weight is 277 g/mol. The number of aromatic nitrogens is 1. The van der Waals surface area contributed by atoms with Gasteiger partial charge in [0.05, 0.1) is 0 Å². The molecule has 65 valence electrons. The molecule has 1 fully saturated rings. The molecule has 1 aliphatic rings. The van der Waals surface area contributed by atoms with Crippen molar-refractivity contribution < 1.29 is 4.79 Å². The molecule has 1 aromatic rings. The van der Waals surface area contributed by atoms with Gasteiger partial charge in [-0.3, -0.25) is 0 Å². The van der Waals surface area contributed by atoms with E-state index >= 15 is 0 Å². The maximum absolute atomic E-state index is 11.3. The van der Waals surface area contributed by atoms with Crippen LogP contribution in [0.25, 0.3) is 0 Å². The number of rotatable bonds is 2. The van der Waals surface area contributed by atoms with E-state index in [-0.39, 0.29) is 0 Å². The van der Waals surface area contributed by atoms with Crippen LogP contribution in [0.4, 0.5) is 0 Å². The van der Waals surface area contributed by atoms with Crippen LogP contribution in [0.1, 0.15) is 12.0 Å². The van der Waals surface area contributed by atoms with Gasteiger partial charge in [0, 0.05) is 0 Å². The Hall–Kier alpha value is -0.510. The molecule has 1 amide bonds. The maximum atomic E-state index is 11.3. The summed E-state index contributed by atoms with van der Waals surface area (Å²) in [6, 6.07) is 3.96. The van der Waals surface area contributed by atoms with Gasteiger partial charge in [0.2, 0.25) is 0 Å². The molecular formula is C9H10InN2O. The van der Waals surface area contributed by atoms with E-state index < -0.39 is 23.2 Å². The summed E-state index contributed by atoms with van der Waals surface area (Å²) in [4.78, 5) is 15.3. The molecule has 0 aliphatic carbocycles. The zero-order valence-corrected chi connectivity index (χ0v) is 10.6. The summed E-state index contributed by atoms with van der Waals surface area (Å²) in [5, 5.41) is 0. The number of hydrogen-bond acceptors (Lipinski definition) is 2. The second-order valence-electron chi connectivity index (χ2n) is 3.10. The molecule has 1 aliphatic heterocycles. The van der Waals surface area contributed by atoms with E-state index in [0.29, 0.717) is 5.91 Å². The molecule has 0 saturated carbocycles. The third-order valence-corrected chi connectivity index (χ3v) is 6.29. The van der Waals surface area contributed by atoms with Crippen molar-refractivity contribution in [2.45, 2.75) is 17.1 Å². The first-order valence-electron chi connectivity index (χ1n) is 4.38. The van der Waals surface area contributed by atoms with Crippen LogP contribution in [-0.4, -0.2) is 37.0 Å². The van der Waals surface area contributed by atoms with E-state index in [1.807, 2.05) is 12.1 Å². The molecule has 1 radical (unpaired) electrons. The molecule has 0 atom stereocenters. The van der Waals surface area contributed by atoms with Crippen LogP contribution in [0.5, 0.6) is 0 Å². The summed E-state index contributed by atoms with van der Waals surface area (Å²) in [7, 11) is 0. The number of carbonyl (C=O) groups is 1. The van der Waals surface area contributed by atoms with E-state index in [9.17, 15) is 4.79 Å². The molecule has 2 rings (SSSR count). The number of pyridine rings is 1. The Bertz CT molecular complexity index is 302. The molecule has 1 saturated heterocycles. The molecule has 0 spiro atoms. The number of hydrogen-bond donors (Lipinski definition) is 0. The van der Waals surface area contributed by atoms with Crippen molar-refractivity contribution in [3.8, 4) is 0 Å². The Morgan fingerprint density at radius 2 is 2.23 bits per heavy atom. The predicted octanol–water partition coefficient (Wildman–Crippen LogP) is 0.851. The monoisotopic (exact) mass is 277 g/mol. The van der Waals surface area contributed by atoms with Crippen molar-refractivity contribution >= 4 is 29.1 Å². The van der Waals surface area contributed by atoms with E-state index in [2.05, 4.69) is 7.87 Å². The van der Waals surface area contributed by atoms with Gasteiger partial charge in [-0.05, 0) is 0 Å². The van der Waals surface area contributed by atoms with Gasteiger partial charge >= 0.3 is 89.0 Å². The fourth-order valence-electron chi connectivity index (χ4n) is 1.43. The molecular weight excluding hydrogens is 267 g/mol. The molecule has 4 heteroatoms. The fraction of sp³-hybridized carbons (Fsp3) is 0.333. The first-order valence-corrected chi connectivity index (χ1v) is 8.18. The SMILES string of the molecule is O=C1C[CH2][In][N]1Cc1ccncc1. The van der Waals surface area contributed by atoms with Gasteiger partial charge in [-0.15, -0.1) is 0 Å². The van der Waals surface area contributed by atoms with Crippen molar-refractivity contribution in [1.29, 1.82) is 0 Å². The van der Waals surface area contributed by atoms with Gasteiger partial charge < -0.3 is 0 Å². The zero-order chi connectivity index (χ0) is 9.10. The quantitative estimate of drug-likeness (QED) is 0.803. The molecule has 0 unspecified atom stereocenters. The van der Waals surface area contributed by atoms with Gasteiger partial charge in [0.25, 0.3) is 0 Å². The number of nitrogens with zero attached hydrogens (tertiary/aromatic N) is 2. The van der Waals surface area contributed by atoms with Crippen molar-refractivity contribution in [2.24, 2.45) is 0 Å². The van der Waals surface area contributed by atoms with E-state index in [0.717, 1.165) is 13.0 Å². The summed E-state index contributed by atoms with van der Waals surface area (Å²) < 4.78 is 3.28. The van der Waals surface area contributed by atoms with Crippen molar-refractivity contribution in [1.82, 2.24) is 7.87 Å². The molecule has 3 nitrogen and oxygen atoms in total.